The van der Waals surface area contributed by atoms with Crippen molar-refractivity contribution < 1.29 is 14.1 Å². The molecule has 0 unspecified atom stereocenters. The minimum absolute atomic E-state index is 0.00198. The van der Waals surface area contributed by atoms with Gasteiger partial charge in [0.15, 0.2) is 0 Å². The minimum Gasteiger partial charge on any atom is -0.457 e. The van der Waals surface area contributed by atoms with Crippen LogP contribution in [0.3, 0.4) is 0 Å². The zero-order chi connectivity index (χ0) is 21.8. The second-order valence-corrected chi connectivity index (χ2v) is 6.85. The Morgan fingerprint density at radius 3 is 2.40 bits per heavy atom. The van der Waals surface area contributed by atoms with Crippen molar-refractivity contribution in [1.82, 2.24) is 0 Å². The van der Waals surface area contributed by atoms with E-state index in [0.29, 0.717) is 28.3 Å². The summed E-state index contributed by atoms with van der Waals surface area (Å²) in [7, 11) is 0. The van der Waals surface area contributed by atoms with Crippen LogP contribution < -0.4 is 5.32 Å². The first-order valence-corrected chi connectivity index (χ1v) is 9.14. The average Bonchev–Trinajstić information content (AvgIpc) is 3.17. The maximum atomic E-state index is 12.6. The van der Waals surface area contributed by atoms with Gasteiger partial charge in [-0.15, -0.1) is 0 Å². The maximum Gasteiger partial charge on any atom is 0.269 e. The van der Waals surface area contributed by atoms with Crippen LogP contribution >= 0.6 is 0 Å². The van der Waals surface area contributed by atoms with Gasteiger partial charge in [-0.1, -0.05) is 18.2 Å². The number of nitrogens with one attached hydrogen (secondary N) is 1. The van der Waals surface area contributed by atoms with Crippen molar-refractivity contribution in [3.8, 4) is 17.4 Å². The minimum atomic E-state index is -0.528. The molecule has 30 heavy (non-hydrogen) atoms. The van der Waals surface area contributed by atoms with E-state index in [0.717, 1.165) is 11.1 Å². The topological polar surface area (TPSA) is 109 Å². The van der Waals surface area contributed by atoms with Crippen molar-refractivity contribution in [2.45, 2.75) is 20.8 Å². The first kappa shape index (κ1) is 20.6. The molecule has 3 rings (SSSR count). The quantitative estimate of drug-likeness (QED) is 0.269. The number of nitro benzene ring substituents is 1. The summed E-state index contributed by atoms with van der Waals surface area (Å²) in [5, 5.41) is 23.1. The molecule has 0 aliphatic heterocycles. The van der Waals surface area contributed by atoms with Crippen LogP contribution in [0.1, 0.15) is 22.5 Å². The lowest BCUT2D eigenvalue weighted by Gasteiger charge is -2.10. The largest absolute Gasteiger partial charge is 0.457 e. The van der Waals surface area contributed by atoms with Gasteiger partial charge in [0, 0.05) is 29.5 Å². The SMILES string of the molecule is Cc1cc([N+](=O)[O-])ccc1-c1ccc(C=C(C#N)C(=O)Nc2c(C)cccc2C)o1. The number of carbonyl (C=O) groups is 1. The molecular weight excluding hydrogens is 382 g/mol. The van der Waals surface area contributed by atoms with E-state index in [-0.39, 0.29) is 11.3 Å². The lowest BCUT2D eigenvalue weighted by molar-refractivity contribution is -0.384. The average molecular weight is 401 g/mol. The Kier molecular flexibility index (Phi) is 5.79. The van der Waals surface area contributed by atoms with Crippen LogP contribution in [0.4, 0.5) is 11.4 Å². The molecule has 1 amide bonds. The van der Waals surface area contributed by atoms with Gasteiger partial charge in [-0.3, -0.25) is 14.9 Å². The fourth-order valence-corrected chi connectivity index (χ4v) is 3.10. The van der Waals surface area contributed by atoms with Gasteiger partial charge in [0.1, 0.15) is 23.2 Å². The van der Waals surface area contributed by atoms with E-state index in [2.05, 4.69) is 5.32 Å². The molecule has 0 saturated heterocycles. The van der Waals surface area contributed by atoms with Gasteiger partial charge in [0.2, 0.25) is 0 Å². The highest BCUT2D eigenvalue weighted by Gasteiger charge is 2.15. The number of furan rings is 1. The summed E-state index contributed by atoms with van der Waals surface area (Å²) in [5.41, 5.74) is 3.74. The van der Waals surface area contributed by atoms with Crippen molar-refractivity contribution in [1.29, 1.82) is 5.26 Å². The highest BCUT2D eigenvalue weighted by Crippen LogP contribution is 2.29. The summed E-state index contributed by atoms with van der Waals surface area (Å²) in [6, 6.07) is 15.4. The lowest BCUT2D eigenvalue weighted by atomic mass is 10.1. The molecule has 1 heterocycles. The van der Waals surface area contributed by atoms with Crippen molar-refractivity contribution >= 4 is 23.4 Å². The van der Waals surface area contributed by atoms with Crippen LogP contribution in [0.5, 0.6) is 0 Å². The van der Waals surface area contributed by atoms with E-state index >= 15 is 0 Å². The monoisotopic (exact) mass is 401 g/mol. The molecule has 150 valence electrons. The van der Waals surface area contributed by atoms with Gasteiger partial charge in [-0.2, -0.15) is 5.26 Å². The molecule has 0 fully saturated rings. The predicted octanol–water partition coefficient (Wildman–Crippen LogP) is 5.33. The van der Waals surface area contributed by atoms with Gasteiger partial charge in [0.05, 0.1) is 4.92 Å². The summed E-state index contributed by atoms with van der Waals surface area (Å²) in [5.74, 6) is 0.288. The molecular formula is C23H19N3O4. The Bertz CT molecular complexity index is 1200. The molecule has 7 heteroatoms. The van der Waals surface area contributed by atoms with Crippen LogP contribution in [0, 0.1) is 42.2 Å². The molecule has 0 spiro atoms. The molecule has 7 nitrogen and oxygen atoms in total. The highest BCUT2D eigenvalue weighted by atomic mass is 16.6. The number of rotatable bonds is 5. The maximum absolute atomic E-state index is 12.6. The zero-order valence-corrected chi connectivity index (χ0v) is 16.7. The Hall–Kier alpha value is -4.18. The van der Waals surface area contributed by atoms with Crippen LogP contribution in [-0.4, -0.2) is 10.8 Å². The van der Waals surface area contributed by atoms with Gasteiger partial charge in [-0.25, -0.2) is 0 Å². The number of nitro groups is 1. The number of hydrogen-bond acceptors (Lipinski definition) is 5. The molecule has 0 radical (unpaired) electrons. The molecule has 0 aliphatic rings. The molecule has 0 saturated carbocycles. The molecule has 2 aromatic carbocycles. The van der Waals surface area contributed by atoms with Gasteiger partial charge < -0.3 is 9.73 Å². The standard InChI is InChI=1S/C23H19N3O4/c1-14-5-4-6-15(2)22(14)25-23(27)17(13-24)12-19-8-10-21(30-19)20-9-7-18(26(28)29)11-16(20)3/h4-12H,1-3H3,(H,25,27). The third-order valence-electron chi connectivity index (χ3n) is 4.68. The number of para-hydroxylation sites is 1. The van der Waals surface area contributed by atoms with Crippen molar-refractivity contribution in [2.75, 3.05) is 5.32 Å². The smallest absolute Gasteiger partial charge is 0.269 e. The van der Waals surface area contributed by atoms with Gasteiger partial charge in [0.25, 0.3) is 11.6 Å². The summed E-state index contributed by atoms with van der Waals surface area (Å²) < 4.78 is 5.75. The van der Waals surface area contributed by atoms with Gasteiger partial charge >= 0.3 is 0 Å². The molecule has 3 aromatic rings. The number of non-ortho nitro benzene ring substituents is 1. The van der Waals surface area contributed by atoms with E-state index in [4.69, 9.17) is 4.42 Å². The number of nitriles is 1. The highest BCUT2D eigenvalue weighted by molar-refractivity contribution is 6.10. The third kappa shape index (κ3) is 4.28. The Morgan fingerprint density at radius 2 is 1.80 bits per heavy atom. The summed E-state index contributed by atoms with van der Waals surface area (Å²) >= 11 is 0. The number of benzene rings is 2. The fraction of sp³-hybridized carbons (Fsp3) is 0.130. The van der Waals surface area contributed by atoms with Crippen LogP contribution in [0.15, 0.2) is 58.5 Å². The van der Waals surface area contributed by atoms with Crippen molar-refractivity contribution in [3.63, 3.8) is 0 Å². The van der Waals surface area contributed by atoms with E-state index in [1.807, 2.05) is 38.1 Å². The number of aryl methyl sites for hydroxylation is 3. The predicted molar refractivity (Wildman–Crippen MR) is 114 cm³/mol. The van der Waals surface area contributed by atoms with E-state index in [9.17, 15) is 20.2 Å². The molecule has 1 aromatic heterocycles. The van der Waals surface area contributed by atoms with Crippen LogP contribution in [0.2, 0.25) is 0 Å². The van der Waals surface area contributed by atoms with Crippen LogP contribution in [0.25, 0.3) is 17.4 Å². The summed E-state index contributed by atoms with van der Waals surface area (Å²) in [6.45, 7) is 5.51. The number of carbonyl (C=O) groups excluding carboxylic acids is 1. The fourth-order valence-electron chi connectivity index (χ4n) is 3.10. The van der Waals surface area contributed by atoms with E-state index in [1.165, 1.54) is 18.2 Å². The lowest BCUT2D eigenvalue weighted by Crippen LogP contribution is -2.15. The first-order chi connectivity index (χ1) is 14.3. The number of hydrogen-bond donors (Lipinski definition) is 1. The number of anilines is 1. The normalized spacial score (nSPS) is 11.1. The van der Waals surface area contributed by atoms with E-state index < -0.39 is 10.8 Å². The van der Waals surface area contributed by atoms with E-state index in [1.54, 1.807) is 25.1 Å². The number of amides is 1. The van der Waals surface area contributed by atoms with Crippen LogP contribution in [-0.2, 0) is 4.79 Å². The summed E-state index contributed by atoms with van der Waals surface area (Å²) in [4.78, 5) is 23.0. The Morgan fingerprint density at radius 1 is 1.10 bits per heavy atom. The van der Waals surface area contributed by atoms with Gasteiger partial charge in [-0.05, 0) is 55.7 Å². The number of nitrogens with zero attached hydrogens (tertiary/aromatic N) is 2. The molecule has 1 N–H and O–H groups in total. The molecule has 0 bridgehead atoms. The van der Waals surface area contributed by atoms with Crippen molar-refractivity contribution in [2.24, 2.45) is 0 Å². The Balaban J connectivity index is 1.86. The Labute approximate surface area is 173 Å². The summed E-state index contributed by atoms with van der Waals surface area (Å²) in [6.07, 6.45) is 1.37. The van der Waals surface area contributed by atoms with Crippen molar-refractivity contribution in [3.05, 3.63) is 86.7 Å². The third-order valence-corrected chi connectivity index (χ3v) is 4.68. The zero-order valence-electron chi connectivity index (χ0n) is 16.7. The second kappa shape index (κ2) is 8.45. The molecule has 0 atom stereocenters. The first-order valence-electron chi connectivity index (χ1n) is 9.14. The second-order valence-electron chi connectivity index (χ2n) is 6.85. The molecule has 0 aliphatic carbocycles.